The van der Waals surface area contributed by atoms with Crippen LogP contribution >= 0.6 is 0 Å². The van der Waals surface area contributed by atoms with E-state index in [4.69, 9.17) is 5.73 Å². The number of carbonyl (C=O) groups excluding carboxylic acids is 1. The summed E-state index contributed by atoms with van der Waals surface area (Å²) in [6.45, 7) is 10.7. The van der Waals surface area contributed by atoms with Crippen LogP contribution in [0.5, 0.6) is 0 Å². The third-order valence-corrected chi connectivity index (χ3v) is 3.48. The Kier molecular flexibility index (Phi) is 10.6. The van der Waals surface area contributed by atoms with Gasteiger partial charge in [0.2, 0.25) is 5.91 Å². The van der Waals surface area contributed by atoms with Crippen molar-refractivity contribution in [3.05, 3.63) is 11.6 Å². The molecule has 0 aliphatic rings. The van der Waals surface area contributed by atoms with Gasteiger partial charge in [-0.2, -0.15) is 0 Å². The molecule has 0 aliphatic heterocycles. The lowest BCUT2D eigenvalue weighted by Crippen LogP contribution is -2.36. The molecule has 0 aliphatic carbocycles. The molecule has 0 saturated heterocycles. The Morgan fingerprint density at radius 2 is 1.63 bits per heavy atom. The molecule has 1 unspecified atom stereocenters. The number of primary amides is 1. The van der Waals surface area contributed by atoms with Gasteiger partial charge in [0.15, 0.2) is 0 Å². The Bertz CT molecular complexity index is 266. The van der Waals surface area contributed by atoms with Crippen LogP contribution < -0.4 is 5.73 Å². The van der Waals surface area contributed by atoms with Crippen LogP contribution in [0.1, 0.15) is 66.2 Å². The lowest BCUT2D eigenvalue weighted by Gasteiger charge is -2.30. The minimum atomic E-state index is -0.299. The molecule has 0 spiro atoms. The fourth-order valence-corrected chi connectivity index (χ4v) is 2.20. The topological polar surface area (TPSA) is 46.3 Å². The summed E-state index contributed by atoms with van der Waals surface area (Å²) in [6.07, 6.45) is 9.14. The van der Waals surface area contributed by atoms with Gasteiger partial charge >= 0.3 is 0 Å². The first-order valence-electron chi connectivity index (χ1n) is 7.79. The molecule has 0 rings (SSSR count). The summed E-state index contributed by atoms with van der Waals surface area (Å²) in [6, 6.07) is 0.357. The molecule has 19 heavy (non-hydrogen) atoms. The van der Waals surface area contributed by atoms with Crippen molar-refractivity contribution in [2.24, 2.45) is 5.73 Å². The van der Waals surface area contributed by atoms with E-state index in [1.54, 1.807) is 0 Å². The second kappa shape index (κ2) is 11.0. The average Bonchev–Trinajstić information content (AvgIpc) is 2.38. The van der Waals surface area contributed by atoms with E-state index in [0.29, 0.717) is 11.6 Å². The number of hydrogen-bond donors (Lipinski definition) is 1. The van der Waals surface area contributed by atoms with Crippen molar-refractivity contribution < 1.29 is 4.79 Å². The van der Waals surface area contributed by atoms with Crippen molar-refractivity contribution in [2.75, 3.05) is 13.1 Å². The van der Waals surface area contributed by atoms with Gasteiger partial charge in [0, 0.05) is 11.6 Å². The van der Waals surface area contributed by atoms with E-state index in [2.05, 4.69) is 31.7 Å². The Hall–Kier alpha value is -0.830. The van der Waals surface area contributed by atoms with Gasteiger partial charge in [-0.15, -0.1) is 0 Å². The fraction of sp³-hybridized carbons (Fsp3) is 0.812. The number of carbonyl (C=O) groups is 1. The highest BCUT2D eigenvalue weighted by molar-refractivity contribution is 5.91. The Morgan fingerprint density at radius 1 is 1.11 bits per heavy atom. The molecule has 0 heterocycles. The molecule has 112 valence electrons. The standard InChI is InChI=1S/C16H32N2O/c1-5-8-11-18(12-9-6-2)15(10-7-3)13-14(4)16(17)19/h13,15H,5-12H2,1-4H3,(H2,17,19)/b14-13+. The summed E-state index contributed by atoms with van der Waals surface area (Å²) < 4.78 is 0. The summed E-state index contributed by atoms with van der Waals surface area (Å²) in [5.74, 6) is -0.299. The lowest BCUT2D eigenvalue weighted by molar-refractivity contribution is -0.114. The van der Waals surface area contributed by atoms with E-state index in [1.165, 1.54) is 25.7 Å². The molecule has 0 aromatic heterocycles. The molecule has 3 nitrogen and oxygen atoms in total. The number of unbranched alkanes of at least 4 members (excludes halogenated alkanes) is 2. The van der Waals surface area contributed by atoms with Crippen LogP contribution in [-0.2, 0) is 4.79 Å². The number of nitrogens with two attached hydrogens (primary N) is 1. The summed E-state index contributed by atoms with van der Waals surface area (Å²) in [5, 5.41) is 0. The summed E-state index contributed by atoms with van der Waals surface area (Å²) in [5.41, 5.74) is 6.05. The van der Waals surface area contributed by atoms with E-state index in [1.807, 2.05) is 6.92 Å². The van der Waals surface area contributed by atoms with E-state index >= 15 is 0 Å². The van der Waals surface area contributed by atoms with Crippen LogP contribution in [-0.4, -0.2) is 29.9 Å². The van der Waals surface area contributed by atoms with Crippen molar-refractivity contribution >= 4 is 5.91 Å². The molecule has 0 fully saturated rings. The average molecular weight is 268 g/mol. The highest BCUT2D eigenvalue weighted by Gasteiger charge is 2.15. The van der Waals surface area contributed by atoms with Gasteiger partial charge in [-0.1, -0.05) is 46.1 Å². The molecule has 0 radical (unpaired) electrons. The Labute approximate surface area is 119 Å². The minimum Gasteiger partial charge on any atom is -0.366 e. The van der Waals surface area contributed by atoms with Crippen molar-refractivity contribution in [3.8, 4) is 0 Å². The molecule has 0 aromatic carbocycles. The number of nitrogens with zero attached hydrogens (tertiary/aromatic N) is 1. The molecule has 0 aromatic rings. The molecule has 1 amide bonds. The van der Waals surface area contributed by atoms with E-state index in [0.717, 1.165) is 25.9 Å². The zero-order valence-electron chi connectivity index (χ0n) is 13.2. The second-order valence-electron chi connectivity index (χ2n) is 5.31. The number of hydrogen-bond acceptors (Lipinski definition) is 2. The van der Waals surface area contributed by atoms with Crippen LogP contribution in [0.25, 0.3) is 0 Å². The Morgan fingerprint density at radius 3 is 2.00 bits per heavy atom. The molecule has 3 heteroatoms. The summed E-state index contributed by atoms with van der Waals surface area (Å²) >= 11 is 0. The van der Waals surface area contributed by atoms with Crippen molar-refractivity contribution in [1.82, 2.24) is 4.90 Å². The highest BCUT2D eigenvalue weighted by atomic mass is 16.1. The van der Waals surface area contributed by atoms with Crippen LogP contribution in [0.3, 0.4) is 0 Å². The maximum atomic E-state index is 11.2. The molecular weight excluding hydrogens is 236 g/mol. The van der Waals surface area contributed by atoms with Crippen LogP contribution in [0.15, 0.2) is 11.6 Å². The summed E-state index contributed by atoms with van der Waals surface area (Å²) in [4.78, 5) is 13.7. The van der Waals surface area contributed by atoms with Gasteiger partial charge < -0.3 is 5.73 Å². The van der Waals surface area contributed by atoms with Gasteiger partial charge in [-0.05, 0) is 39.3 Å². The molecule has 0 saturated carbocycles. The number of rotatable bonds is 11. The van der Waals surface area contributed by atoms with Crippen LogP contribution in [0, 0.1) is 0 Å². The third kappa shape index (κ3) is 8.04. The van der Waals surface area contributed by atoms with Gasteiger partial charge in [-0.25, -0.2) is 0 Å². The van der Waals surface area contributed by atoms with E-state index in [-0.39, 0.29) is 5.91 Å². The maximum absolute atomic E-state index is 11.2. The minimum absolute atomic E-state index is 0.299. The third-order valence-electron chi connectivity index (χ3n) is 3.48. The van der Waals surface area contributed by atoms with Gasteiger partial charge in [0.1, 0.15) is 0 Å². The predicted octanol–water partition coefficient (Wildman–Crippen LogP) is 3.49. The number of amides is 1. The quantitative estimate of drug-likeness (QED) is 0.583. The van der Waals surface area contributed by atoms with Crippen molar-refractivity contribution in [2.45, 2.75) is 72.3 Å². The van der Waals surface area contributed by atoms with Gasteiger partial charge in [0.25, 0.3) is 0 Å². The van der Waals surface area contributed by atoms with Crippen LogP contribution in [0.4, 0.5) is 0 Å². The van der Waals surface area contributed by atoms with E-state index < -0.39 is 0 Å². The lowest BCUT2D eigenvalue weighted by atomic mass is 10.1. The van der Waals surface area contributed by atoms with Crippen molar-refractivity contribution in [1.29, 1.82) is 0 Å². The largest absolute Gasteiger partial charge is 0.366 e. The molecular formula is C16H32N2O. The first-order valence-corrected chi connectivity index (χ1v) is 7.79. The van der Waals surface area contributed by atoms with Gasteiger partial charge in [0.05, 0.1) is 0 Å². The first kappa shape index (κ1) is 18.2. The second-order valence-corrected chi connectivity index (χ2v) is 5.31. The molecule has 1 atom stereocenters. The Balaban J connectivity index is 4.80. The predicted molar refractivity (Wildman–Crippen MR) is 83.0 cm³/mol. The monoisotopic (exact) mass is 268 g/mol. The van der Waals surface area contributed by atoms with Crippen LogP contribution in [0.2, 0.25) is 0 Å². The maximum Gasteiger partial charge on any atom is 0.244 e. The molecule has 0 bridgehead atoms. The highest BCUT2D eigenvalue weighted by Crippen LogP contribution is 2.13. The molecule has 2 N–H and O–H groups in total. The zero-order valence-corrected chi connectivity index (χ0v) is 13.2. The fourth-order valence-electron chi connectivity index (χ4n) is 2.20. The zero-order chi connectivity index (χ0) is 14.7. The summed E-state index contributed by atoms with van der Waals surface area (Å²) in [7, 11) is 0. The normalized spacial score (nSPS) is 13.8. The smallest absolute Gasteiger partial charge is 0.244 e. The van der Waals surface area contributed by atoms with Crippen molar-refractivity contribution in [3.63, 3.8) is 0 Å². The van der Waals surface area contributed by atoms with E-state index in [9.17, 15) is 4.79 Å². The first-order chi connectivity index (χ1) is 9.06. The van der Waals surface area contributed by atoms with Gasteiger partial charge in [-0.3, -0.25) is 9.69 Å². The SMILES string of the molecule is CCCCN(CCCC)C(/C=C(\C)C(N)=O)CCC.